The molecule has 0 unspecified atom stereocenters. The molecule has 6 nitrogen and oxygen atoms in total. The highest BCUT2D eigenvalue weighted by Gasteiger charge is 2.11. The van der Waals surface area contributed by atoms with Crippen LogP contribution in [-0.4, -0.2) is 29.9 Å². The zero-order valence-corrected chi connectivity index (χ0v) is 15.0. The van der Waals surface area contributed by atoms with E-state index in [9.17, 15) is 9.59 Å². The van der Waals surface area contributed by atoms with Gasteiger partial charge in [-0.15, -0.1) is 23.7 Å². The van der Waals surface area contributed by atoms with Gasteiger partial charge >= 0.3 is 0 Å². The first-order chi connectivity index (χ1) is 11.1. The van der Waals surface area contributed by atoms with Crippen LogP contribution in [0.2, 0.25) is 0 Å². The Hall–Kier alpha value is -1.96. The lowest BCUT2D eigenvalue weighted by Gasteiger charge is -2.06. The Balaban J connectivity index is 0.00000288. The number of thiazole rings is 1. The summed E-state index contributed by atoms with van der Waals surface area (Å²) in [4.78, 5) is 28.1. The Morgan fingerprint density at radius 2 is 2.04 bits per heavy atom. The van der Waals surface area contributed by atoms with Crippen LogP contribution in [0.25, 0.3) is 0 Å². The fraction of sp³-hybridized carbons (Fsp3) is 0.312. The number of nitrogens with one attached hydrogen (secondary N) is 2. The van der Waals surface area contributed by atoms with E-state index >= 15 is 0 Å². The van der Waals surface area contributed by atoms with E-state index in [2.05, 4.69) is 15.6 Å². The summed E-state index contributed by atoms with van der Waals surface area (Å²) in [5.41, 5.74) is 7.32. The molecule has 1 aromatic carbocycles. The van der Waals surface area contributed by atoms with Crippen LogP contribution in [-0.2, 0) is 13.0 Å². The molecule has 24 heavy (non-hydrogen) atoms. The zero-order valence-electron chi connectivity index (χ0n) is 13.4. The molecule has 0 atom stereocenters. The van der Waals surface area contributed by atoms with Crippen molar-refractivity contribution >= 4 is 35.6 Å². The number of nitrogens with two attached hydrogens (primary N) is 1. The van der Waals surface area contributed by atoms with E-state index < -0.39 is 0 Å². The topological polar surface area (TPSA) is 97.1 Å². The molecule has 0 bridgehead atoms. The van der Waals surface area contributed by atoms with Gasteiger partial charge in [-0.05, 0) is 31.2 Å². The summed E-state index contributed by atoms with van der Waals surface area (Å²) in [5, 5.41) is 8.15. The predicted octanol–water partition coefficient (Wildman–Crippen LogP) is 1.75. The number of nitrogens with zero attached hydrogens (tertiary/aromatic N) is 1. The minimum atomic E-state index is -0.229. The molecule has 0 saturated heterocycles. The summed E-state index contributed by atoms with van der Waals surface area (Å²) in [6, 6.07) is 7.18. The fourth-order valence-electron chi connectivity index (χ4n) is 2.01. The van der Waals surface area contributed by atoms with Crippen molar-refractivity contribution in [2.24, 2.45) is 5.73 Å². The number of carbonyl (C=O) groups is 2. The third-order valence-electron chi connectivity index (χ3n) is 3.12. The molecule has 130 valence electrons. The van der Waals surface area contributed by atoms with Crippen molar-refractivity contribution in [3.8, 4) is 0 Å². The largest absolute Gasteiger partial charge is 0.352 e. The maximum atomic E-state index is 12.1. The van der Waals surface area contributed by atoms with Gasteiger partial charge in [-0.25, -0.2) is 4.98 Å². The molecule has 1 aromatic heterocycles. The first-order valence-electron chi connectivity index (χ1n) is 7.43. The average Bonchev–Trinajstić information content (AvgIpc) is 3.02. The molecule has 0 aliphatic rings. The maximum absolute atomic E-state index is 12.1. The van der Waals surface area contributed by atoms with E-state index in [1.54, 1.807) is 23.6 Å². The Morgan fingerprint density at radius 1 is 1.25 bits per heavy atom. The van der Waals surface area contributed by atoms with Crippen molar-refractivity contribution in [3.05, 3.63) is 51.5 Å². The molecule has 4 N–H and O–H groups in total. The lowest BCUT2D eigenvalue weighted by atomic mass is 10.1. The normalized spacial score (nSPS) is 9.92. The summed E-state index contributed by atoms with van der Waals surface area (Å²) in [6.07, 6.45) is 0.673. The van der Waals surface area contributed by atoms with Crippen molar-refractivity contribution < 1.29 is 9.59 Å². The molecular weight excluding hydrogens is 348 g/mol. The summed E-state index contributed by atoms with van der Waals surface area (Å²) < 4.78 is 0. The van der Waals surface area contributed by atoms with E-state index in [0.29, 0.717) is 37.3 Å². The summed E-state index contributed by atoms with van der Waals surface area (Å²) >= 11 is 1.43. The highest BCUT2D eigenvalue weighted by atomic mass is 35.5. The SMILES string of the molecule is CCNC(=O)c1cccc(CNC(=O)c2csc(CCN)n2)c1.Cl. The monoisotopic (exact) mass is 368 g/mol. The van der Waals surface area contributed by atoms with Crippen molar-refractivity contribution in [1.29, 1.82) is 0 Å². The molecule has 0 radical (unpaired) electrons. The molecule has 1 heterocycles. The van der Waals surface area contributed by atoms with Crippen LogP contribution < -0.4 is 16.4 Å². The van der Waals surface area contributed by atoms with E-state index in [1.165, 1.54) is 11.3 Å². The number of hydrogen-bond donors (Lipinski definition) is 3. The molecule has 2 amide bonds. The van der Waals surface area contributed by atoms with Gasteiger partial charge in [0.1, 0.15) is 5.69 Å². The Morgan fingerprint density at radius 3 is 2.75 bits per heavy atom. The quantitative estimate of drug-likeness (QED) is 0.693. The van der Waals surface area contributed by atoms with Crippen LogP contribution in [0.1, 0.15) is 38.3 Å². The van der Waals surface area contributed by atoms with E-state index in [0.717, 1.165) is 10.6 Å². The number of hydrogen-bond acceptors (Lipinski definition) is 5. The first-order valence-corrected chi connectivity index (χ1v) is 8.31. The molecule has 0 spiro atoms. The standard InChI is InChI=1S/C16H20N4O2S.ClH/c1-2-18-15(21)12-5-3-4-11(8-12)9-19-16(22)13-10-23-14(20-13)6-7-17;/h3-5,8,10H,2,6-7,9,17H2,1H3,(H,18,21)(H,19,22);1H. The van der Waals surface area contributed by atoms with Gasteiger partial charge < -0.3 is 16.4 Å². The van der Waals surface area contributed by atoms with Crippen LogP contribution in [0.5, 0.6) is 0 Å². The van der Waals surface area contributed by atoms with Gasteiger partial charge in [0.05, 0.1) is 5.01 Å². The molecule has 0 aliphatic heterocycles. The summed E-state index contributed by atoms with van der Waals surface area (Å²) in [6.45, 7) is 3.31. The molecule has 2 rings (SSSR count). The second kappa shape index (κ2) is 10.0. The van der Waals surface area contributed by atoms with E-state index in [-0.39, 0.29) is 24.2 Å². The highest BCUT2D eigenvalue weighted by molar-refractivity contribution is 7.09. The molecule has 2 aromatic rings. The Kier molecular flexibility index (Phi) is 8.39. The minimum absolute atomic E-state index is 0. The van der Waals surface area contributed by atoms with Gasteiger partial charge in [0.25, 0.3) is 11.8 Å². The van der Waals surface area contributed by atoms with Gasteiger partial charge in [0.15, 0.2) is 0 Å². The van der Waals surface area contributed by atoms with Crippen molar-refractivity contribution in [1.82, 2.24) is 15.6 Å². The lowest BCUT2D eigenvalue weighted by molar-refractivity contribution is 0.0943. The number of halogens is 1. The smallest absolute Gasteiger partial charge is 0.271 e. The van der Waals surface area contributed by atoms with Gasteiger partial charge in [0.2, 0.25) is 0 Å². The van der Waals surface area contributed by atoms with Gasteiger partial charge in [-0.1, -0.05) is 12.1 Å². The van der Waals surface area contributed by atoms with Gasteiger partial charge in [-0.2, -0.15) is 0 Å². The number of amides is 2. The molecule has 0 aliphatic carbocycles. The number of aromatic nitrogens is 1. The van der Waals surface area contributed by atoms with Crippen LogP contribution in [0.15, 0.2) is 29.6 Å². The molecule has 0 fully saturated rings. The second-order valence-electron chi connectivity index (χ2n) is 4.91. The number of carbonyl (C=O) groups excluding carboxylic acids is 2. The third kappa shape index (κ3) is 5.59. The maximum Gasteiger partial charge on any atom is 0.271 e. The van der Waals surface area contributed by atoms with Crippen molar-refractivity contribution in [3.63, 3.8) is 0 Å². The van der Waals surface area contributed by atoms with Crippen molar-refractivity contribution in [2.45, 2.75) is 19.9 Å². The number of benzene rings is 1. The minimum Gasteiger partial charge on any atom is -0.352 e. The van der Waals surface area contributed by atoms with Crippen LogP contribution in [0.4, 0.5) is 0 Å². The van der Waals surface area contributed by atoms with Crippen molar-refractivity contribution in [2.75, 3.05) is 13.1 Å². The van der Waals surface area contributed by atoms with Crippen LogP contribution in [0.3, 0.4) is 0 Å². The molecule has 8 heteroatoms. The summed E-state index contributed by atoms with van der Waals surface area (Å²) in [5.74, 6) is -0.348. The van der Waals surface area contributed by atoms with Gasteiger partial charge in [-0.3, -0.25) is 9.59 Å². The highest BCUT2D eigenvalue weighted by Crippen LogP contribution is 2.10. The lowest BCUT2D eigenvalue weighted by Crippen LogP contribution is -2.24. The second-order valence-corrected chi connectivity index (χ2v) is 5.85. The number of rotatable bonds is 7. The molecule has 0 saturated carbocycles. The van der Waals surface area contributed by atoms with E-state index in [1.807, 2.05) is 13.0 Å². The predicted molar refractivity (Wildman–Crippen MR) is 97.7 cm³/mol. The Bertz CT molecular complexity index is 690. The average molecular weight is 369 g/mol. The van der Waals surface area contributed by atoms with Gasteiger partial charge in [0, 0.05) is 30.5 Å². The van der Waals surface area contributed by atoms with Crippen LogP contribution >= 0.6 is 23.7 Å². The van der Waals surface area contributed by atoms with Crippen LogP contribution in [0, 0.1) is 0 Å². The van der Waals surface area contributed by atoms with E-state index in [4.69, 9.17) is 5.73 Å². The Labute approximate surface area is 151 Å². The zero-order chi connectivity index (χ0) is 16.7. The fourth-order valence-corrected chi connectivity index (χ4v) is 2.81. The summed E-state index contributed by atoms with van der Waals surface area (Å²) in [7, 11) is 0. The first kappa shape index (κ1) is 20.1. The third-order valence-corrected chi connectivity index (χ3v) is 4.03. The molecular formula is C16H21ClN4O2S.